The summed E-state index contributed by atoms with van der Waals surface area (Å²) in [5, 5.41) is 2.36. The van der Waals surface area contributed by atoms with Crippen molar-refractivity contribution in [3.05, 3.63) is 110 Å². The summed E-state index contributed by atoms with van der Waals surface area (Å²) in [7, 11) is 0. The van der Waals surface area contributed by atoms with Crippen LogP contribution in [0, 0.1) is 3.57 Å². The second-order valence-electron chi connectivity index (χ2n) is 8.44. The third-order valence-electron chi connectivity index (χ3n) is 5.94. The maximum absolute atomic E-state index is 13.1. The van der Waals surface area contributed by atoms with Crippen molar-refractivity contribution < 1.29 is 14.3 Å². The molecule has 37 heavy (non-hydrogen) atoms. The number of rotatable bonds is 8. The third-order valence-corrected chi connectivity index (χ3v) is 8.12. The number of carbonyl (C=O) groups excluding carboxylic acids is 1. The van der Waals surface area contributed by atoms with Crippen LogP contribution in [0.3, 0.4) is 0 Å². The quantitative estimate of drug-likeness (QED) is 0.112. The molecule has 4 aromatic carbocycles. The van der Waals surface area contributed by atoms with E-state index in [1.807, 2.05) is 73.7 Å². The molecule has 1 amide bonds. The highest BCUT2D eigenvalue weighted by Crippen LogP contribution is 2.38. The van der Waals surface area contributed by atoms with Gasteiger partial charge in [0, 0.05) is 0 Å². The normalized spacial score (nSPS) is 14.5. The van der Waals surface area contributed by atoms with Gasteiger partial charge in [-0.15, -0.1) is 0 Å². The Kier molecular flexibility index (Phi) is 8.12. The predicted molar refractivity (Wildman–Crippen MR) is 164 cm³/mol. The van der Waals surface area contributed by atoms with Crippen LogP contribution in [0.25, 0.3) is 16.8 Å². The maximum atomic E-state index is 13.1. The van der Waals surface area contributed by atoms with Crippen molar-refractivity contribution in [2.24, 2.45) is 0 Å². The summed E-state index contributed by atoms with van der Waals surface area (Å²) in [6.07, 6.45) is 1.88. The number of benzene rings is 4. The van der Waals surface area contributed by atoms with Crippen LogP contribution in [0.2, 0.25) is 0 Å². The minimum Gasteiger partial charge on any atom is -0.490 e. The topological polar surface area (TPSA) is 38.8 Å². The Hall–Kier alpha value is -2.88. The van der Waals surface area contributed by atoms with E-state index < -0.39 is 0 Å². The van der Waals surface area contributed by atoms with Crippen molar-refractivity contribution in [1.82, 2.24) is 4.90 Å². The first-order chi connectivity index (χ1) is 18.0. The molecule has 0 aliphatic carbocycles. The average Bonchev–Trinajstić information content (AvgIpc) is 3.16. The Morgan fingerprint density at radius 3 is 2.54 bits per heavy atom. The van der Waals surface area contributed by atoms with Gasteiger partial charge in [0.25, 0.3) is 5.91 Å². The molecular formula is C30H24INO3S2. The summed E-state index contributed by atoms with van der Waals surface area (Å²) < 4.78 is 13.7. The molecule has 1 aliphatic rings. The molecule has 1 saturated heterocycles. The number of nitrogens with zero attached hydrogens (tertiary/aromatic N) is 1. The number of thiocarbonyl (C=S) groups is 1. The molecule has 0 aromatic heterocycles. The summed E-state index contributed by atoms with van der Waals surface area (Å²) in [5.41, 5.74) is 3.02. The Morgan fingerprint density at radius 1 is 0.973 bits per heavy atom. The number of hydrogen-bond acceptors (Lipinski definition) is 5. The zero-order valence-electron chi connectivity index (χ0n) is 20.1. The second kappa shape index (κ2) is 11.7. The van der Waals surface area contributed by atoms with E-state index in [1.165, 1.54) is 22.5 Å². The van der Waals surface area contributed by atoms with Crippen LogP contribution in [0.5, 0.6) is 11.5 Å². The lowest BCUT2D eigenvalue weighted by Gasteiger charge is -2.16. The molecule has 0 radical (unpaired) electrons. The molecule has 7 heteroatoms. The largest absolute Gasteiger partial charge is 0.490 e. The second-order valence-corrected chi connectivity index (χ2v) is 11.3. The first kappa shape index (κ1) is 25.8. The fourth-order valence-corrected chi connectivity index (χ4v) is 6.23. The molecule has 0 N–H and O–H groups in total. The van der Waals surface area contributed by atoms with Gasteiger partial charge in [0.2, 0.25) is 0 Å². The molecule has 4 aromatic rings. The average molecular weight is 638 g/mol. The molecular weight excluding hydrogens is 613 g/mol. The molecule has 0 unspecified atom stereocenters. The van der Waals surface area contributed by atoms with Crippen LogP contribution in [0.1, 0.15) is 23.6 Å². The van der Waals surface area contributed by atoms with Crippen molar-refractivity contribution in [2.45, 2.75) is 20.1 Å². The number of ether oxygens (including phenoxy) is 2. The molecule has 186 valence electrons. The van der Waals surface area contributed by atoms with Crippen LogP contribution in [0.15, 0.2) is 89.8 Å². The van der Waals surface area contributed by atoms with Gasteiger partial charge in [0.15, 0.2) is 11.5 Å². The van der Waals surface area contributed by atoms with Crippen molar-refractivity contribution in [3.8, 4) is 11.5 Å². The molecule has 0 saturated carbocycles. The molecule has 0 atom stereocenters. The van der Waals surface area contributed by atoms with Crippen LogP contribution < -0.4 is 9.47 Å². The fraction of sp³-hybridized carbons (Fsp3) is 0.133. The highest BCUT2D eigenvalue weighted by Gasteiger charge is 2.32. The van der Waals surface area contributed by atoms with Gasteiger partial charge < -0.3 is 9.47 Å². The minimum absolute atomic E-state index is 0.0805. The van der Waals surface area contributed by atoms with Crippen molar-refractivity contribution in [2.75, 3.05) is 6.61 Å². The number of amides is 1. The number of carbonyl (C=O) groups is 1. The fourth-order valence-electron chi connectivity index (χ4n) is 4.20. The molecule has 0 spiro atoms. The van der Waals surface area contributed by atoms with Gasteiger partial charge in [0.1, 0.15) is 10.9 Å². The van der Waals surface area contributed by atoms with E-state index >= 15 is 0 Å². The third kappa shape index (κ3) is 5.84. The summed E-state index contributed by atoms with van der Waals surface area (Å²) in [6.45, 7) is 3.34. The van der Waals surface area contributed by atoms with Crippen molar-refractivity contribution in [3.63, 3.8) is 0 Å². The molecule has 4 nitrogen and oxygen atoms in total. The van der Waals surface area contributed by atoms with E-state index in [2.05, 4.69) is 46.9 Å². The van der Waals surface area contributed by atoms with Gasteiger partial charge in [-0.05, 0) is 75.2 Å². The molecule has 1 fully saturated rings. The maximum Gasteiger partial charge on any atom is 0.266 e. The smallest absolute Gasteiger partial charge is 0.266 e. The lowest BCUT2D eigenvalue weighted by molar-refractivity contribution is -0.122. The lowest BCUT2D eigenvalue weighted by Crippen LogP contribution is -2.27. The highest BCUT2D eigenvalue weighted by atomic mass is 127. The van der Waals surface area contributed by atoms with E-state index in [-0.39, 0.29) is 5.91 Å². The van der Waals surface area contributed by atoms with E-state index in [0.29, 0.717) is 40.5 Å². The van der Waals surface area contributed by atoms with Gasteiger partial charge >= 0.3 is 0 Å². The SMILES string of the molecule is CCOc1cc(/C=C2\SC(=S)N(Cc3ccccc3)C2=O)cc(I)c1OCc1cccc2ccccc12. The van der Waals surface area contributed by atoms with Crippen LogP contribution in [-0.4, -0.2) is 21.7 Å². The van der Waals surface area contributed by atoms with E-state index in [0.717, 1.165) is 20.3 Å². The van der Waals surface area contributed by atoms with Crippen molar-refractivity contribution >= 4 is 73.6 Å². The summed E-state index contributed by atoms with van der Waals surface area (Å²) in [4.78, 5) is 15.4. The van der Waals surface area contributed by atoms with Gasteiger partial charge in [0.05, 0.1) is 21.6 Å². The Bertz CT molecular complexity index is 1500. The number of hydrogen-bond donors (Lipinski definition) is 0. The van der Waals surface area contributed by atoms with Gasteiger partial charge in [-0.2, -0.15) is 0 Å². The predicted octanol–water partition coefficient (Wildman–Crippen LogP) is 7.82. The van der Waals surface area contributed by atoms with Gasteiger partial charge in [-0.25, -0.2) is 0 Å². The van der Waals surface area contributed by atoms with Crippen molar-refractivity contribution in [1.29, 1.82) is 0 Å². The zero-order chi connectivity index (χ0) is 25.8. The number of halogens is 1. The molecule has 5 rings (SSSR count). The van der Waals surface area contributed by atoms with E-state index in [4.69, 9.17) is 21.7 Å². The first-order valence-corrected chi connectivity index (χ1v) is 14.2. The van der Waals surface area contributed by atoms with E-state index in [1.54, 1.807) is 4.90 Å². The van der Waals surface area contributed by atoms with Gasteiger partial charge in [-0.3, -0.25) is 9.69 Å². The molecule has 1 heterocycles. The van der Waals surface area contributed by atoms with E-state index in [9.17, 15) is 4.79 Å². The standard InChI is InChI=1S/C30H24INO3S2/c1-2-34-26-16-21(17-27-29(33)32(30(36)37-27)18-20-9-4-3-5-10-20)15-25(31)28(26)35-19-23-13-8-12-22-11-6-7-14-24(22)23/h3-17H,2,18-19H2,1H3/b27-17-. The summed E-state index contributed by atoms with van der Waals surface area (Å²) in [5.74, 6) is 1.27. The van der Waals surface area contributed by atoms with Crippen LogP contribution in [-0.2, 0) is 17.9 Å². The Balaban J connectivity index is 1.38. The molecule has 1 aliphatic heterocycles. The minimum atomic E-state index is -0.0805. The number of fused-ring (bicyclic) bond motifs is 1. The molecule has 0 bridgehead atoms. The lowest BCUT2D eigenvalue weighted by atomic mass is 10.1. The zero-order valence-corrected chi connectivity index (χ0v) is 23.9. The summed E-state index contributed by atoms with van der Waals surface area (Å²) in [6, 6.07) is 28.3. The van der Waals surface area contributed by atoms with Crippen LogP contribution in [0.4, 0.5) is 0 Å². The Morgan fingerprint density at radius 2 is 1.73 bits per heavy atom. The van der Waals surface area contributed by atoms with Gasteiger partial charge in [-0.1, -0.05) is 96.8 Å². The monoisotopic (exact) mass is 637 g/mol. The first-order valence-electron chi connectivity index (χ1n) is 11.9. The Labute approximate surface area is 239 Å². The highest BCUT2D eigenvalue weighted by molar-refractivity contribution is 14.1. The summed E-state index contributed by atoms with van der Waals surface area (Å²) >= 11 is 9.11. The number of thioether (sulfide) groups is 1. The van der Waals surface area contributed by atoms with Crippen LogP contribution >= 0.6 is 46.6 Å².